The molecule has 10 heteroatoms. The zero-order valence-electron chi connectivity index (χ0n) is 22.5. The highest BCUT2D eigenvalue weighted by Gasteiger charge is 2.35. The fourth-order valence-corrected chi connectivity index (χ4v) is 6.69. The number of benzene rings is 1. The summed E-state index contributed by atoms with van der Waals surface area (Å²) < 4.78 is 7.12. The number of fused-ring (bicyclic) bond motifs is 2. The summed E-state index contributed by atoms with van der Waals surface area (Å²) in [6.45, 7) is 8.50. The number of amides is 2. The van der Waals surface area contributed by atoms with Crippen molar-refractivity contribution in [2.75, 3.05) is 18.0 Å². The van der Waals surface area contributed by atoms with Crippen LogP contribution in [0.1, 0.15) is 65.7 Å². The maximum Gasteiger partial charge on any atom is 0.410 e. The number of aromatic nitrogens is 2. The van der Waals surface area contributed by atoms with Gasteiger partial charge in [0.2, 0.25) is 5.91 Å². The summed E-state index contributed by atoms with van der Waals surface area (Å²) in [7, 11) is 0. The van der Waals surface area contributed by atoms with E-state index in [0.29, 0.717) is 44.2 Å². The van der Waals surface area contributed by atoms with Crippen LogP contribution in [0.3, 0.4) is 0 Å². The lowest BCUT2D eigenvalue weighted by Gasteiger charge is -2.40. The van der Waals surface area contributed by atoms with Crippen LogP contribution in [0.4, 0.5) is 10.6 Å². The molecule has 1 N–H and O–H groups in total. The van der Waals surface area contributed by atoms with Gasteiger partial charge in [-0.1, -0.05) is 30.3 Å². The van der Waals surface area contributed by atoms with Gasteiger partial charge in [0.05, 0.1) is 19.6 Å². The van der Waals surface area contributed by atoms with Gasteiger partial charge >= 0.3 is 6.09 Å². The predicted octanol–water partition coefficient (Wildman–Crippen LogP) is 3.96. The molecule has 1 fully saturated rings. The minimum atomic E-state index is -0.532. The van der Waals surface area contributed by atoms with Crippen LogP contribution in [0.25, 0.3) is 0 Å². The molecule has 204 valence electrons. The minimum Gasteiger partial charge on any atom is -0.444 e. The Hall–Kier alpha value is -3.66. The molecular formula is C29H33N5O4S. The van der Waals surface area contributed by atoms with E-state index in [1.54, 1.807) is 27.0 Å². The maximum atomic E-state index is 13.4. The fourth-order valence-electron chi connectivity index (χ4n) is 5.55. The zero-order valence-corrected chi connectivity index (χ0v) is 23.3. The van der Waals surface area contributed by atoms with E-state index in [4.69, 9.17) is 4.74 Å². The number of aryl methyl sites for hydroxylation is 1. The summed E-state index contributed by atoms with van der Waals surface area (Å²) in [5, 5.41) is 3.04. The molecule has 0 bridgehead atoms. The van der Waals surface area contributed by atoms with Gasteiger partial charge in [-0.2, -0.15) is 0 Å². The number of thiophene rings is 1. The van der Waals surface area contributed by atoms with Crippen LogP contribution < -0.4 is 15.8 Å². The van der Waals surface area contributed by atoms with Gasteiger partial charge in [0.1, 0.15) is 11.6 Å². The molecule has 1 unspecified atom stereocenters. The van der Waals surface area contributed by atoms with E-state index in [2.05, 4.69) is 28.5 Å². The monoisotopic (exact) mass is 547 g/mol. The van der Waals surface area contributed by atoms with E-state index in [1.807, 2.05) is 43.9 Å². The normalized spacial score (nSPS) is 18.5. The number of hydrogen-bond donors (Lipinski definition) is 1. The number of rotatable bonds is 5. The summed E-state index contributed by atoms with van der Waals surface area (Å²) in [6, 6.07) is 11.8. The molecule has 1 aromatic carbocycles. The third-order valence-electron chi connectivity index (χ3n) is 7.53. The lowest BCUT2D eigenvalue weighted by Crippen LogP contribution is -2.49. The van der Waals surface area contributed by atoms with Gasteiger partial charge in [-0.25, -0.2) is 9.78 Å². The summed E-state index contributed by atoms with van der Waals surface area (Å²) in [5.41, 5.74) is 2.45. The smallest absolute Gasteiger partial charge is 0.410 e. The second-order valence-corrected chi connectivity index (χ2v) is 12.8. The molecule has 5 heterocycles. The highest BCUT2D eigenvalue weighted by atomic mass is 32.1. The van der Waals surface area contributed by atoms with E-state index < -0.39 is 11.6 Å². The molecule has 3 aliphatic heterocycles. The Kier molecular flexibility index (Phi) is 6.45. The van der Waals surface area contributed by atoms with Crippen molar-refractivity contribution in [3.05, 3.63) is 79.5 Å². The largest absolute Gasteiger partial charge is 0.444 e. The molecule has 9 nitrogen and oxygen atoms in total. The quantitative estimate of drug-likeness (QED) is 0.520. The molecule has 1 saturated heterocycles. The van der Waals surface area contributed by atoms with E-state index in [-0.39, 0.29) is 17.6 Å². The van der Waals surface area contributed by atoms with Gasteiger partial charge in [-0.15, -0.1) is 11.3 Å². The second kappa shape index (κ2) is 9.82. The zero-order chi connectivity index (χ0) is 27.3. The summed E-state index contributed by atoms with van der Waals surface area (Å²) in [6.07, 6.45) is 2.68. The summed E-state index contributed by atoms with van der Waals surface area (Å²) in [4.78, 5) is 49.4. The minimum absolute atomic E-state index is 0.150. The summed E-state index contributed by atoms with van der Waals surface area (Å²) in [5.74, 6) is 0.658. The Bertz CT molecular complexity index is 1450. The van der Waals surface area contributed by atoms with Crippen LogP contribution in [-0.2, 0) is 35.6 Å². The van der Waals surface area contributed by atoms with Crippen LogP contribution in [0.2, 0.25) is 0 Å². The first-order chi connectivity index (χ1) is 18.7. The lowest BCUT2D eigenvalue weighted by atomic mass is 9.91. The highest BCUT2D eigenvalue weighted by Crippen LogP contribution is 2.33. The van der Waals surface area contributed by atoms with Crippen molar-refractivity contribution < 1.29 is 14.3 Å². The molecule has 3 aliphatic rings. The van der Waals surface area contributed by atoms with Crippen LogP contribution in [-0.4, -0.2) is 45.1 Å². The molecule has 0 saturated carbocycles. The Morgan fingerprint density at radius 1 is 1.15 bits per heavy atom. The van der Waals surface area contributed by atoms with E-state index in [0.717, 1.165) is 34.1 Å². The molecular weight excluding hydrogens is 514 g/mol. The average Bonchev–Trinajstić information content (AvgIpc) is 3.56. The molecule has 0 radical (unpaired) electrons. The van der Waals surface area contributed by atoms with Crippen molar-refractivity contribution in [3.8, 4) is 0 Å². The van der Waals surface area contributed by atoms with Crippen molar-refractivity contribution in [2.24, 2.45) is 0 Å². The van der Waals surface area contributed by atoms with Gasteiger partial charge < -0.3 is 15.0 Å². The van der Waals surface area contributed by atoms with Crippen molar-refractivity contribution in [2.45, 2.75) is 70.8 Å². The first-order valence-electron chi connectivity index (χ1n) is 13.4. The second-order valence-electron chi connectivity index (χ2n) is 11.5. The highest BCUT2D eigenvalue weighted by molar-refractivity contribution is 7.12. The number of hydrogen-bond acceptors (Lipinski definition) is 7. The van der Waals surface area contributed by atoms with Crippen molar-refractivity contribution in [1.29, 1.82) is 0 Å². The molecule has 6 rings (SSSR count). The standard InChI is InChI=1S/C29H33N5O4S/c1-29(2,3)38-28(37)33-14-19-11-22(39-24(19)17-33)13-31-26(35)23-10-9-21-12-30-25(27(36)34(21)23)32-15-20(16-32)18-7-5-4-6-8-18/h4-8,11-12,20,23H,9-10,13-17H2,1-3H3,(H,31,35). The number of anilines is 1. The van der Waals surface area contributed by atoms with Gasteiger partial charge in [0.15, 0.2) is 5.82 Å². The van der Waals surface area contributed by atoms with Gasteiger partial charge in [-0.3, -0.25) is 19.1 Å². The van der Waals surface area contributed by atoms with Crippen LogP contribution >= 0.6 is 11.3 Å². The van der Waals surface area contributed by atoms with Crippen LogP contribution in [0.15, 0.2) is 47.4 Å². The number of carbonyl (C=O) groups excluding carboxylic acids is 2. The lowest BCUT2D eigenvalue weighted by molar-refractivity contribution is -0.124. The van der Waals surface area contributed by atoms with Crippen LogP contribution in [0.5, 0.6) is 0 Å². The van der Waals surface area contributed by atoms with Gasteiger partial charge in [0.25, 0.3) is 5.56 Å². The Morgan fingerprint density at radius 2 is 1.92 bits per heavy atom. The Balaban J connectivity index is 1.07. The van der Waals surface area contributed by atoms with E-state index in [9.17, 15) is 14.4 Å². The molecule has 0 spiro atoms. The fraction of sp³-hybridized carbons (Fsp3) is 0.448. The first kappa shape index (κ1) is 25.6. The van der Waals surface area contributed by atoms with Gasteiger partial charge in [0, 0.05) is 40.7 Å². The van der Waals surface area contributed by atoms with Gasteiger partial charge in [-0.05, 0) is 50.8 Å². The number of nitrogens with zero attached hydrogens (tertiary/aromatic N) is 4. The molecule has 2 amide bonds. The first-order valence-corrected chi connectivity index (χ1v) is 14.2. The maximum absolute atomic E-state index is 13.4. The third-order valence-corrected chi connectivity index (χ3v) is 8.69. The molecule has 1 atom stereocenters. The van der Waals surface area contributed by atoms with Crippen molar-refractivity contribution >= 4 is 29.2 Å². The van der Waals surface area contributed by atoms with Crippen LogP contribution in [0, 0.1) is 0 Å². The number of carbonyl (C=O) groups is 2. The van der Waals surface area contributed by atoms with Crippen molar-refractivity contribution in [1.82, 2.24) is 19.8 Å². The SMILES string of the molecule is CC(C)(C)OC(=O)N1Cc2cc(CNC(=O)C3CCc4cnc(N5CC(c6ccccc6)C5)c(=O)n43)sc2C1. The third kappa shape index (κ3) is 5.05. The Labute approximate surface area is 231 Å². The predicted molar refractivity (Wildman–Crippen MR) is 149 cm³/mol. The Morgan fingerprint density at radius 3 is 2.64 bits per heavy atom. The molecule has 39 heavy (non-hydrogen) atoms. The molecule has 2 aromatic heterocycles. The topological polar surface area (TPSA) is 96.8 Å². The van der Waals surface area contributed by atoms with E-state index in [1.165, 1.54) is 5.56 Å². The summed E-state index contributed by atoms with van der Waals surface area (Å²) >= 11 is 1.60. The van der Waals surface area contributed by atoms with E-state index >= 15 is 0 Å². The average molecular weight is 548 g/mol. The number of nitrogens with one attached hydrogen (secondary N) is 1. The molecule has 0 aliphatic carbocycles. The number of ether oxygens (including phenoxy) is 1. The molecule has 3 aromatic rings. The van der Waals surface area contributed by atoms with Crippen molar-refractivity contribution in [3.63, 3.8) is 0 Å².